The van der Waals surface area contributed by atoms with E-state index in [-0.39, 0.29) is 10.9 Å². The van der Waals surface area contributed by atoms with Gasteiger partial charge in [-0.15, -0.1) is 0 Å². The zero-order valence-electron chi connectivity index (χ0n) is 10.00. The van der Waals surface area contributed by atoms with Crippen molar-refractivity contribution >= 4 is 15.8 Å². The molecule has 2 heterocycles. The number of sulfonamides is 1. The van der Waals surface area contributed by atoms with E-state index in [1.165, 1.54) is 6.07 Å². The van der Waals surface area contributed by atoms with E-state index >= 15 is 0 Å². The first-order chi connectivity index (χ1) is 7.91. The number of hydrogen-bond donors (Lipinski definition) is 1. The zero-order chi connectivity index (χ0) is 12.6. The minimum Gasteiger partial charge on any atom is -0.353 e. The predicted molar refractivity (Wildman–Crippen MR) is 66.2 cm³/mol. The van der Waals surface area contributed by atoms with Crippen LogP contribution in [0.15, 0.2) is 23.2 Å². The molecule has 1 aromatic heterocycles. The van der Waals surface area contributed by atoms with Gasteiger partial charge >= 0.3 is 0 Å². The molecule has 94 valence electrons. The van der Waals surface area contributed by atoms with Crippen molar-refractivity contribution in [3.63, 3.8) is 0 Å². The van der Waals surface area contributed by atoms with E-state index in [1.807, 2.05) is 4.90 Å². The van der Waals surface area contributed by atoms with Gasteiger partial charge in [0, 0.05) is 18.8 Å². The number of aromatic nitrogens is 1. The van der Waals surface area contributed by atoms with Crippen LogP contribution in [0.25, 0.3) is 0 Å². The average Bonchev–Trinajstić information content (AvgIpc) is 2.59. The molecule has 2 N–H and O–H groups in total. The third-order valence-corrected chi connectivity index (χ3v) is 4.40. The van der Waals surface area contributed by atoms with Crippen LogP contribution in [-0.4, -0.2) is 26.0 Å². The van der Waals surface area contributed by atoms with E-state index < -0.39 is 10.0 Å². The van der Waals surface area contributed by atoms with Crippen LogP contribution in [0.5, 0.6) is 0 Å². The molecule has 1 aromatic rings. The van der Waals surface area contributed by atoms with E-state index in [0.29, 0.717) is 11.7 Å². The third kappa shape index (κ3) is 2.28. The summed E-state index contributed by atoms with van der Waals surface area (Å²) in [5.74, 6) is 1.01. The van der Waals surface area contributed by atoms with Crippen molar-refractivity contribution in [2.24, 2.45) is 11.1 Å². The van der Waals surface area contributed by atoms with Gasteiger partial charge in [0.1, 0.15) is 10.7 Å². The highest BCUT2D eigenvalue weighted by molar-refractivity contribution is 7.89. The Balaban J connectivity index is 2.47. The second-order valence-corrected chi connectivity index (χ2v) is 6.10. The molecule has 0 amide bonds. The quantitative estimate of drug-likeness (QED) is 0.854. The fourth-order valence-corrected chi connectivity index (χ4v) is 2.91. The summed E-state index contributed by atoms with van der Waals surface area (Å²) in [5, 5.41) is 5.21. The summed E-state index contributed by atoms with van der Waals surface area (Å²) in [6.45, 7) is 5.06. The highest BCUT2D eigenvalue weighted by Crippen LogP contribution is 2.31. The molecule has 0 aliphatic carbocycles. The molecule has 0 bridgehead atoms. The normalized spacial score (nSPS) is 25.2. The molecule has 1 fully saturated rings. The number of primary sulfonamides is 1. The molecule has 5 nitrogen and oxygen atoms in total. The fourth-order valence-electron chi connectivity index (χ4n) is 2.21. The van der Waals surface area contributed by atoms with Gasteiger partial charge < -0.3 is 4.90 Å². The molecule has 0 spiro atoms. The average molecular weight is 255 g/mol. The van der Waals surface area contributed by atoms with Gasteiger partial charge in [-0.1, -0.05) is 6.92 Å². The number of hydrogen-bond acceptors (Lipinski definition) is 4. The fraction of sp³-hybridized carbons (Fsp3) is 0.545. The Morgan fingerprint density at radius 3 is 2.71 bits per heavy atom. The largest absolute Gasteiger partial charge is 0.353 e. The zero-order valence-corrected chi connectivity index (χ0v) is 10.8. The maximum Gasteiger partial charge on any atom is 0.241 e. The van der Waals surface area contributed by atoms with Crippen molar-refractivity contribution in [1.29, 1.82) is 0 Å². The van der Waals surface area contributed by atoms with E-state index in [2.05, 4.69) is 18.8 Å². The van der Waals surface area contributed by atoms with Crippen molar-refractivity contribution < 1.29 is 8.42 Å². The summed E-state index contributed by atoms with van der Waals surface area (Å²) >= 11 is 0. The number of rotatable bonds is 2. The first-order valence-electron chi connectivity index (χ1n) is 5.65. The predicted octanol–water partition coefficient (Wildman–Crippen LogP) is 0.964. The van der Waals surface area contributed by atoms with E-state index in [0.717, 1.165) is 13.0 Å². The Morgan fingerprint density at radius 1 is 1.47 bits per heavy atom. The van der Waals surface area contributed by atoms with Gasteiger partial charge in [0.25, 0.3) is 0 Å². The Morgan fingerprint density at radius 2 is 2.18 bits per heavy atom. The second-order valence-electron chi connectivity index (χ2n) is 4.57. The lowest BCUT2D eigenvalue weighted by molar-refractivity contribution is 0.542. The number of nitrogens with two attached hydrogens (primary N) is 1. The monoisotopic (exact) mass is 255 g/mol. The maximum absolute atomic E-state index is 11.5. The van der Waals surface area contributed by atoms with Crippen molar-refractivity contribution in [2.75, 3.05) is 11.4 Å². The van der Waals surface area contributed by atoms with Crippen LogP contribution < -0.4 is 10.0 Å². The Hall–Kier alpha value is -1.14. The van der Waals surface area contributed by atoms with Crippen molar-refractivity contribution in [3.05, 3.63) is 18.3 Å². The smallest absolute Gasteiger partial charge is 0.241 e. The first-order valence-corrected chi connectivity index (χ1v) is 7.20. The number of anilines is 1. The SMILES string of the molecule is CC1CCN(c2ncccc2S(N)(=O)=O)C1C. The standard InChI is InChI=1S/C11H17N3O2S/c1-8-5-7-14(9(8)2)11-10(17(12,15)16)4-3-6-13-11/h3-4,6,8-9H,5,7H2,1-2H3,(H2,12,15,16). The van der Waals surface area contributed by atoms with E-state index in [4.69, 9.17) is 5.14 Å². The highest BCUT2D eigenvalue weighted by Gasteiger charge is 2.31. The van der Waals surface area contributed by atoms with Gasteiger partial charge in [-0.3, -0.25) is 0 Å². The summed E-state index contributed by atoms with van der Waals surface area (Å²) in [6.07, 6.45) is 2.64. The summed E-state index contributed by atoms with van der Waals surface area (Å²) in [4.78, 5) is 6.31. The molecule has 1 aliphatic rings. The maximum atomic E-state index is 11.5. The summed E-state index contributed by atoms with van der Waals surface area (Å²) in [7, 11) is -3.72. The van der Waals surface area contributed by atoms with Crippen LogP contribution in [0.3, 0.4) is 0 Å². The van der Waals surface area contributed by atoms with E-state index in [9.17, 15) is 8.42 Å². The van der Waals surface area contributed by atoms with Crippen molar-refractivity contribution in [2.45, 2.75) is 31.2 Å². The van der Waals surface area contributed by atoms with Crippen molar-refractivity contribution in [1.82, 2.24) is 4.98 Å². The Kier molecular flexibility index (Phi) is 3.09. The van der Waals surface area contributed by atoms with Crippen LogP contribution in [0.1, 0.15) is 20.3 Å². The second kappa shape index (κ2) is 4.27. The number of pyridine rings is 1. The highest BCUT2D eigenvalue weighted by atomic mass is 32.2. The van der Waals surface area contributed by atoms with Gasteiger partial charge in [0.15, 0.2) is 0 Å². The van der Waals surface area contributed by atoms with Crippen LogP contribution >= 0.6 is 0 Å². The molecule has 17 heavy (non-hydrogen) atoms. The lowest BCUT2D eigenvalue weighted by atomic mass is 10.1. The molecule has 1 aliphatic heterocycles. The van der Waals surface area contributed by atoms with Gasteiger partial charge in [0.2, 0.25) is 10.0 Å². The van der Waals surface area contributed by atoms with E-state index in [1.54, 1.807) is 12.3 Å². The molecule has 6 heteroatoms. The van der Waals surface area contributed by atoms with Crippen LogP contribution in [-0.2, 0) is 10.0 Å². The molecular weight excluding hydrogens is 238 g/mol. The third-order valence-electron chi connectivity index (χ3n) is 3.47. The summed E-state index contributed by atoms with van der Waals surface area (Å²) in [6, 6.07) is 3.38. The summed E-state index contributed by atoms with van der Waals surface area (Å²) < 4.78 is 23.0. The van der Waals surface area contributed by atoms with Gasteiger partial charge in [-0.25, -0.2) is 18.5 Å². The molecule has 0 saturated carbocycles. The van der Waals surface area contributed by atoms with Crippen molar-refractivity contribution in [3.8, 4) is 0 Å². The van der Waals surface area contributed by atoms with Gasteiger partial charge in [0.05, 0.1) is 0 Å². The molecule has 1 saturated heterocycles. The Labute approximate surface area is 102 Å². The molecule has 2 unspecified atom stereocenters. The van der Waals surface area contributed by atoms with Crippen LogP contribution in [0.2, 0.25) is 0 Å². The molecule has 0 radical (unpaired) electrons. The topological polar surface area (TPSA) is 76.3 Å². The molecule has 2 rings (SSSR count). The lowest BCUT2D eigenvalue weighted by Gasteiger charge is -2.25. The van der Waals surface area contributed by atoms with Crippen LogP contribution in [0, 0.1) is 5.92 Å². The minimum absolute atomic E-state index is 0.112. The molecule has 2 atom stereocenters. The Bertz CT molecular complexity index is 515. The summed E-state index contributed by atoms with van der Waals surface area (Å²) in [5.41, 5.74) is 0. The molecule has 0 aromatic carbocycles. The van der Waals surface area contributed by atoms with Gasteiger partial charge in [-0.2, -0.15) is 0 Å². The van der Waals surface area contributed by atoms with Gasteiger partial charge in [-0.05, 0) is 31.4 Å². The lowest BCUT2D eigenvalue weighted by Crippen LogP contribution is -2.32. The molecular formula is C11H17N3O2S. The van der Waals surface area contributed by atoms with Crippen LogP contribution in [0.4, 0.5) is 5.82 Å². The first kappa shape index (κ1) is 12.3. The minimum atomic E-state index is -3.72. The number of nitrogens with zero attached hydrogens (tertiary/aromatic N) is 2.